The SMILES string of the molecule is CON=C(C(=O)NC1C(=O)N2C=C(C(=O)OCC(O)CO)CS[C@H]12)c1csc(N)n1. The first-order valence-electron chi connectivity index (χ1n) is 8.59. The van der Waals surface area contributed by atoms with Crippen molar-refractivity contribution in [2.45, 2.75) is 17.5 Å². The number of carbonyl (C=O) groups is 3. The second kappa shape index (κ2) is 9.42. The molecule has 14 heteroatoms. The first-order chi connectivity index (χ1) is 14.3. The Kier molecular flexibility index (Phi) is 6.91. The highest BCUT2D eigenvalue weighted by atomic mass is 32.2. The molecule has 3 atom stereocenters. The monoisotopic (exact) mass is 457 g/mol. The number of ether oxygens (including phenoxy) is 1. The number of esters is 1. The van der Waals surface area contributed by atoms with Crippen molar-refractivity contribution in [2.75, 3.05) is 31.8 Å². The van der Waals surface area contributed by atoms with Gasteiger partial charge in [0.25, 0.3) is 11.8 Å². The van der Waals surface area contributed by atoms with Crippen LogP contribution in [-0.4, -0.2) is 87.2 Å². The van der Waals surface area contributed by atoms with Gasteiger partial charge in [-0.05, 0) is 0 Å². The van der Waals surface area contributed by atoms with Crippen LogP contribution in [0.2, 0.25) is 0 Å². The van der Waals surface area contributed by atoms with Gasteiger partial charge in [0.15, 0.2) is 10.8 Å². The minimum atomic E-state index is -1.17. The molecule has 0 spiro atoms. The lowest BCUT2D eigenvalue weighted by Crippen LogP contribution is -2.69. The van der Waals surface area contributed by atoms with E-state index in [9.17, 15) is 19.5 Å². The van der Waals surface area contributed by atoms with E-state index in [4.69, 9.17) is 20.4 Å². The van der Waals surface area contributed by atoms with Crippen LogP contribution in [-0.2, 0) is 24.0 Å². The first kappa shape index (κ1) is 22.0. The number of oxime groups is 1. The van der Waals surface area contributed by atoms with E-state index >= 15 is 0 Å². The molecule has 0 radical (unpaired) electrons. The van der Waals surface area contributed by atoms with Crippen molar-refractivity contribution in [1.29, 1.82) is 0 Å². The van der Waals surface area contributed by atoms with Crippen LogP contribution in [0.5, 0.6) is 0 Å². The van der Waals surface area contributed by atoms with Gasteiger partial charge in [0.2, 0.25) is 0 Å². The Labute approximate surface area is 178 Å². The molecule has 0 bridgehead atoms. The van der Waals surface area contributed by atoms with Crippen molar-refractivity contribution in [1.82, 2.24) is 15.2 Å². The highest BCUT2D eigenvalue weighted by Gasteiger charge is 2.50. The van der Waals surface area contributed by atoms with E-state index < -0.39 is 41.9 Å². The highest BCUT2D eigenvalue weighted by molar-refractivity contribution is 8.00. The fourth-order valence-corrected chi connectivity index (χ4v) is 4.44. The molecule has 1 fully saturated rings. The van der Waals surface area contributed by atoms with Gasteiger partial charge in [-0.3, -0.25) is 9.59 Å². The highest BCUT2D eigenvalue weighted by Crippen LogP contribution is 2.36. The number of hydrogen-bond acceptors (Lipinski definition) is 12. The maximum Gasteiger partial charge on any atom is 0.336 e. The number of nitrogen functional groups attached to an aromatic ring is 1. The van der Waals surface area contributed by atoms with E-state index in [1.165, 1.54) is 30.0 Å². The third-order valence-corrected chi connectivity index (χ3v) is 6.11. The minimum Gasteiger partial charge on any atom is -0.459 e. The lowest BCUT2D eigenvalue weighted by molar-refractivity contribution is -0.145. The maximum absolute atomic E-state index is 12.6. The van der Waals surface area contributed by atoms with Gasteiger partial charge in [-0.25, -0.2) is 9.78 Å². The fourth-order valence-electron chi connectivity index (χ4n) is 2.64. The third kappa shape index (κ3) is 4.56. The van der Waals surface area contributed by atoms with Crippen molar-refractivity contribution >= 4 is 51.7 Å². The zero-order valence-electron chi connectivity index (χ0n) is 15.7. The molecule has 12 nitrogen and oxygen atoms in total. The largest absolute Gasteiger partial charge is 0.459 e. The van der Waals surface area contributed by atoms with Crippen LogP contribution in [0, 0.1) is 0 Å². The van der Waals surface area contributed by atoms with Gasteiger partial charge in [-0.1, -0.05) is 5.16 Å². The molecule has 3 heterocycles. The summed E-state index contributed by atoms with van der Waals surface area (Å²) in [5.41, 5.74) is 5.94. The van der Waals surface area contributed by atoms with E-state index in [0.29, 0.717) is 0 Å². The summed E-state index contributed by atoms with van der Waals surface area (Å²) in [5.74, 6) is -1.50. The first-order valence-corrected chi connectivity index (χ1v) is 10.5. The van der Waals surface area contributed by atoms with Gasteiger partial charge >= 0.3 is 5.97 Å². The summed E-state index contributed by atoms with van der Waals surface area (Å²) in [4.78, 5) is 47.1. The molecule has 2 amide bonds. The lowest BCUT2D eigenvalue weighted by atomic mass is 10.1. The zero-order valence-corrected chi connectivity index (χ0v) is 17.3. The Balaban J connectivity index is 1.63. The smallest absolute Gasteiger partial charge is 0.336 e. The standard InChI is InChI=1S/C16H19N5O7S2/c1-27-20-10(9-6-30-16(17)18-9)12(24)19-11-13(25)21-2-7(5-29-14(11)21)15(26)28-4-8(23)3-22/h2,6,8,11,14,22-23H,3-5H2,1H3,(H2,17,18)(H,19,24)/t8?,11?,14-/m1/s1. The number of carbonyl (C=O) groups excluding carboxylic acids is 3. The number of hydrogen-bond donors (Lipinski definition) is 4. The molecule has 0 saturated carbocycles. The summed E-state index contributed by atoms with van der Waals surface area (Å²) in [6, 6.07) is -0.814. The number of aromatic nitrogens is 1. The molecule has 30 heavy (non-hydrogen) atoms. The Bertz CT molecular complexity index is 902. The molecule has 2 aliphatic rings. The maximum atomic E-state index is 12.6. The van der Waals surface area contributed by atoms with Crippen molar-refractivity contribution < 1.29 is 34.2 Å². The van der Waals surface area contributed by atoms with E-state index in [-0.39, 0.29) is 34.5 Å². The summed E-state index contributed by atoms with van der Waals surface area (Å²) < 4.78 is 4.89. The predicted molar refractivity (Wildman–Crippen MR) is 107 cm³/mol. The number of thioether (sulfide) groups is 1. The molecule has 1 aromatic rings. The van der Waals surface area contributed by atoms with Gasteiger partial charge < -0.3 is 35.7 Å². The number of rotatable bonds is 8. The Morgan fingerprint density at radius 3 is 2.93 bits per heavy atom. The van der Waals surface area contributed by atoms with Gasteiger partial charge in [-0.2, -0.15) is 0 Å². The molecule has 0 aliphatic carbocycles. The van der Waals surface area contributed by atoms with E-state index in [2.05, 4.69) is 15.5 Å². The van der Waals surface area contributed by atoms with E-state index in [0.717, 1.165) is 11.3 Å². The van der Waals surface area contributed by atoms with Crippen molar-refractivity contribution in [3.63, 3.8) is 0 Å². The van der Waals surface area contributed by atoms with Gasteiger partial charge in [0.05, 0.1) is 12.2 Å². The number of nitrogens with one attached hydrogen (secondary N) is 1. The normalized spacial score (nSPS) is 21.8. The molecule has 2 aliphatic heterocycles. The Morgan fingerprint density at radius 1 is 1.53 bits per heavy atom. The number of aliphatic hydroxyl groups excluding tert-OH is 2. The van der Waals surface area contributed by atoms with E-state index in [1.807, 2.05) is 0 Å². The number of nitrogens with two attached hydrogens (primary N) is 1. The molecule has 2 unspecified atom stereocenters. The molecule has 3 rings (SSSR count). The second-order valence-electron chi connectivity index (χ2n) is 6.18. The zero-order chi connectivity index (χ0) is 21.8. The number of nitrogens with zero attached hydrogens (tertiary/aromatic N) is 3. The summed E-state index contributed by atoms with van der Waals surface area (Å²) >= 11 is 2.41. The Morgan fingerprint density at radius 2 is 2.30 bits per heavy atom. The van der Waals surface area contributed by atoms with Gasteiger partial charge in [0, 0.05) is 17.3 Å². The molecule has 162 valence electrons. The molecule has 1 aromatic heterocycles. The van der Waals surface area contributed by atoms with Crippen LogP contribution in [0.25, 0.3) is 0 Å². The summed E-state index contributed by atoms with van der Waals surface area (Å²) in [7, 11) is 1.28. The predicted octanol–water partition coefficient (Wildman–Crippen LogP) is -1.74. The summed E-state index contributed by atoms with van der Waals surface area (Å²) in [6.07, 6.45) is 0.199. The molecule has 0 aromatic carbocycles. The Hall–Kier alpha value is -2.68. The fraction of sp³-hybridized carbons (Fsp3) is 0.438. The minimum absolute atomic E-state index is 0.111. The quantitative estimate of drug-likeness (QED) is 0.152. The number of aliphatic hydroxyl groups is 2. The second-order valence-corrected chi connectivity index (χ2v) is 8.18. The number of fused-ring (bicyclic) bond motifs is 1. The lowest BCUT2D eigenvalue weighted by Gasteiger charge is -2.47. The van der Waals surface area contributed by atoms with Gasteiger partial charge in [-0.15, -0.1) is 23.1 Å². The molecule has 5 N–H and O–H groups in total. The summed E-state index contributed by atoms with van der Waals surface area (Å²) in [5, 5.41) is 25.7. The van der Waals surface area contributed by atoms with Crippen LogP contribution in [0.1, 0.15) is 5.69 Å². The van der Waals surface area contributed by atoms with E-state index in [1.54, 1.807) is 5.38 Å². The molecular formula is C16H19N5O7S2. The van der Waals surface area contributed by atoms with Crippen molar-refractivity contribution in [2.24, 2.45) is 5.16 Å². The summed E-state index contributed by atoms with van der Waals surface area (Å²) in [6.45, 7) is -0.882. The average molecular weight is 457 g/mol. The number of anilines is 1. The molecular weight excluding hydrogens is 438 g/mol. The van der Waals surface area contributed by atoms with Crippen molar-refractivity contribution in [3.8, 4) is 0 Å². The number of amides is 2. The van der Waals surface area contributed by atoms with Crippen LogP contribution >= 0.6 is 23.1 Å². The van der Waals surface area contributed by atoms with Crippen LogP contribution in [0.4, 0.5) is 5.13 Å². The van der Waals surface area contributed by atoms with Crippen LogP contribution < -0.4 is 11.1 Å². The van der Waals surface area contributed by atoms with Crippen LogP contribution in [0.15, 0.2) is 22.3 Å². The number of β-lactam (4-membered cyclic amide) rings is 1. The van der Waals surface area contributed by atoms with Gasteiger partial charge in [0.1, 0.15) is 36.9 Å². The van der Waals surface area contributed by atoms with Crippen molar-refractivity contribution in [3.05, 3.63) is 22.8 Å². The number of thiazole rings is 1. The van der Waals surface area contributed by atoms with Crippen LogP contribution in [0.3, 0.4) is 0 Å². The third-order valence-electron chi connectivity index (χ3n) is 4.11. The molecule has 1 saturated heterocycles. The average Bonchev–Trinajstić information content (AvgIpc) is 3.18. The topological polar surface area (TPSA) is 177 Å².